The van der Waals surface area contributed by atoms with E-state index in [1.165, 1.54) is 26.4 Å². The molecule has 8 heteroatoms. The third-order valence-electron chi connectivity index (χ3n) is 7.04. The summed E-state index contributed by atoms with van der Waals surface area (Å²) < 4.78 is 30.5. The molecule has 0 aliphatic heterocycles. The van der Waals surface area contributed by atoms with E-state index in [2.05, 4.69) is 5.32 Å². The SMILES string of the molecule is COC(=O)CP(=O)(OC12CC3CC(CC(C3)C1)C2)C(C)NC(=O)OCc1ccccc1. The molecular weight excluding hydrogens is 417 g/mol. The zero-order valence-electron chi connectivity index (χ0n) is 18.2. The van der Waals surface area contributed by atoms with Crippen molar-refractivity contribution in [1.29, 1.82) is 0 Å². The molecule has 7 nitrogen and oxygen atoms in total. The molecule has 4 bridgehead atoms. The second kappa shape index (κ2) is 8.95. The lowest BCUT2D eigenvalue weighted by atomic mass is 9.54. The van der Waals surface area contributed by atoms with Gasteiger partial charge in [-0.25, -0.2) is 4.79 Å². The summed E-state index contributed by atoms with van der Waals surface area (Å²) in [7, 11) is -2.30. The molecular formula is C23H32NO6P. The quantitative estimate of drug-likeness (QED) is 0.457. The van der Waals surface area contributed by atoms with Gasteiger partial charge in [-0.1, -0.05) is 30.3 Å². The maximum absolute atomic E-state index is 14.0. The summed E-state index contributed by atoms with van der Waals surface area (Å²) in [4.78, 5) is 24.5. The number of carbonyl (C=O) groups is 2. The molecule has 4 fully saturated rings. The fourth-order valence-corrected chi connectivity index (χ4v) is 8.16. The third kappa shape index (κ3) is 5.15. The first kappa shape index (κ1) is 22.3. The van der Waals surface area contributed by atoms with Gasteiger partial charge in [-0.2, -0.15) is 0 Å². The van der Waals surface area contributed by atoms with Gasteiger partial charge in [0.15, 0.2) is 0 Å². The Balaban J connectivity index is 1.44. The summed E-state index contributed by atoms with van der Waals surface area (Å²) in [5, 5.41) is 2.65. The van der Waals surface area contributed by atoms with Crippen molar-refractivity contribution in [3.63, 3.8) is 0 Å². The average molecular weight is 449 g/mol. The molecule has 1 aromatic carbocycles. The molecule has 4 saturated carbocycles. The predicted octanol–water partition coefficient (Wildman–Crippen LogP) is 4.70. The summed E-state index contributed by atoms with van der Waals surface area (Å²) in [5.41, 5.74) is 0.398. The molecule has 2 unspecified atom stereocenters. The maximum atomic E-state index is 14.0. The van der Waals surface area contributed by atoms with E-state index in [0.717, 1.165) is 24.8 Å². The van der Waals surface area contributed by atoms with Gasteiger partial charge in [-0.3, -0.25) is 9.36 Å². The van der Waals surface area contributed by atoms with Gasteiger partial charge in [0.25, 0.3) is 0 Å². The number of methoxy groups -OCH3 is 1. The van der Waals surface area contributed by atoms with Crippen molar-refractivity contribution in [1.82, 2.24) is 5.32 Å². The summed E-state index contributed by atoms with van der Waals surface area (Å²) in [6, 6.07) is 9.33. The van der Waals surface area contributed by atoms with Crippen LogP contribution >= 0.6 is 7.37 Å². The van der Waals surface area contributed by atoms with Crippen LogP contribution in [0.15, 0.2) is 30.3 Å². The standard InChI is InChI=1S/C23H32NO6P/c1-16(24-22(26)29-14-17-6-4-3-5-7-17)31(27,15-21(25)28-2)30-23-11-18-8-19(12-23)10-20(9-18)13-23/h3-7,16,18-20H,8-15H2,1-2H3,(H,24,26). The first-order valence-corrected chi connectivity index (χ1v) is 13.0. The van der Waals surface area contributed by atoms with Gasteiger partial charge in [0.1, 0.15) is 18.6 Å². The summed E-state index contributed by atoms with van der Waals surface area (Å²) in [5.74, 6) is 0.369. The van der Waals surface area contributed by atoms with E-state index in [0.29, 0.717) is 17.8 Å². The Morgan fingerprint density at radius 1 is 1.10 bits per heavy atom. The number of nitrogens with one attached hydrogen (secondary N) is 1. The smallest absolute Gasteiger partial charge is 0.408 e. The van der Waals surface area contributed by atoms with E-state index in [1.54, 1.807) is 6.92 Å². The van der Waals surface area contributed by atoms with E-state index in [4.69, 9.17) is 14.0 Å². The van der Waals surface area contributed by atoms with Crippen LogP contribution in [0.4, 0.5) is 4.79 Å². The third-order valence-corrected chi connectivity index (χ3v) is 9.74. The van der Waals surface area contributed by atoms with Gasteiger partial charge >= 0.3 is 12.1 Å². The highest BCUT2D eigenvalue weighted by Gasteiger charge is 2.55. The molecule has 1 amide bonds. The van der Waals surface area contributed by atoms with Gasteiger partial charge < -0.3 is 19.3 Å². The average Bonchev–Trinajstić information content (AvgIpc) is 2.71. The predicted molar refractivity (Wildman–Crippen MR) is 116 cm³/mol. The van der Waals surface area contributed by atoms with Crippen molar-refractivity contribution in [3.8, 4) is 0 Å². The van der Waals surface area contributed by atoms with E-state index in [-0.39, 0.29) is 12.8 Å². The first-order valence-electron chi connectivity index (χ1n) is 11.1. The highest BCUT2D eigenvalue weighted by Crippen LogP contribution is 2.64. The van der Waals surface area contributed by atoms with Crippen LogP contribution in [0.2, 0.25) is 0 Å². The van der Waals surface area contributed by atoms with Crippen LogP contribution in [0.3, 0.4) is 0 Å². The van der Waals surface area contributed by atoms with Crippen LogP contribution in [-0.4, -0.2) is 36.7 Å². The van der Waals surface area contributed by atoms with Crippen molar-refractivity contribution in [2.75, 3.05) is 13.3 Å². The molecule has 0 saturated heterocycles. The van der Waals surface area contributed by atoms with Gasteiger partial charge in [-0.15, -0.1) is 0 Å². The molecule has 1 N–H and O–H groups in total. The molecule has 4 aliphatic rings. The van der Waals surface area contributed by atoms with Crippen molar-refractivity contribution >= 4 is 19.4 Å². The van der Waals surface area contributed by atoms with Gasteiger partial charge in [0, 0.05) is 0 Å². The van der Waals surface area contributed by atoms with E-state index in [1.807, 2.05) is 30.3 Å². The van der Waals surface area contributed by atoms with Crippen LogP contribution in [0.5, 0.6) is 0 Å². The second-order valence-corrected chi connectivity index (χ2v) is 12.3. The number of hydrogen-bond donors (Lipinski definition) is 1. The molecule has 4 aliphatic carbocycles. The number of rotatable bonds is 8. The first-order chi connectivity index (χ1) is 14.8. The number of carbonyl (C=O) groups excluding carboxylic acids is 2. The van der Waals surface area contributed by atoms with Crippen molar-refractivity contribution in [3.05, 3.63) is 35.9 Å². The Morgan fingerprint density at radius 3 is 2.23 bits per heavy atom. The Kier molecular flexibility index (Phi) is 6.45. The molecule has 1 aromatic rings. The zero-order chi connectivity index (χ0) is 22.1. The summed E-state index contributed by atoms with van der Waals surface area (Å²) in [6.45, 7) is 1.73. The molecule has 0 radical (unpaired) electrons. The maximum Gasteiger partial charge on any atom is 0.408 e. The fraction of sp³-hybridized carbons (Fsp3) is 0.652. The minimum Gasteiger partial charge on any atom is -0.469 e. The van der Waals surface area contributed by atoms with E-state index in [9.17, 15) is 14.2 Å². The number of esters is 1. The second-order valence-electron chi connectivity index (χ2n) is 9.53. The van der Waals surface area contributed by atoms with Crippen LogP contribution in [0.1, 0.15) is 51.0 Å². The summed E-state index contributed by atoms with van der Waals surface area (Å²) >= 11 is 0. The lowest BCUT2D eigenvalue weighted by Gasteiger charge is -2.57. The monoisotopic (exact) mass is 449 g/mol. The molecule has 170 valence electrons. The highest BCUT2D eigenvalue weighted by atomic mass is 31.2. The molecule has 2 atom stereocenters. The minimum absolute atomic E-state index is 0.108. The Morgan fingerprint density at radius 2 is 1.68 bits per heavy atom. The largest absolute Gasteiger partial charge is 0.469 e. The number of alkyl carbamates (subject to hydrolysis) is 1. The molecule has 0 spiro atoms. The van der Waals surface area contributed by atoms with Gasteiger partial charge in [-0.05, 0) is 68.8 Å². The number of hydrogen-bond acceptors (Lipinski definition) is 6. The minimum atomic E-state index is -3.57. The van der Waals surface area contributed by atoms with Crippen LogP contribution < -0.4 is 5.32 Å². The zero-order valence-corrected chi connectivity index (χ0v) is 19.1. The molecule has 5 rings (SSSR count). The summed E-state index contributed by atoms with van der Waals surface area (Å²) in [6.07, 6.45) is 5.29. The lowest BCUT2D eigenvalue weighted by Crippen LogP contribution is -2.52. The molecule has 31 heavy (non-hydrogen) atoms. The molecule has 0 aromatic heterocycles. The number of ether oxygens (including phenoxy) is 2. The highest BCUT2D eigenvalue weighted by molar-refractivity contribution is 7.60. The lowest BCUT2D eigenvalue weighted by molar-refractivity contribution is -0.138. The van der Waals surface area contributed by atoms with E-state index < -0.39 is 30.8 Å². The Bertz CT molecular complexity index is 822. The van der Waals surface area contributed by atoms with E-state index >= 15 is 0 Å². The Hall–Kier alpha value is -1.85. The number of benzene rings is 1. The van der Waals surface area contributed by atoms with Gasteiger partial charge in [0.05, 0.1) is 12.7 Å². The Labute approximate surface area is 183 Å². The van der Waals surface area contributed by atoms with Crippen molar-refractivity contribution < 1.29 is 28.2 Å². The van der Waals surface area contributed by atoms with Crippen LogP contribution in [-0.2, 0) is 30.0 Å². The van der Waals surface area contributed by atoms with Crippen LogP contribution in [0, 0.1) is 17.8 Å². The van der Waals surface area contributed by atoms with Gasteiger partial charge in [0.2, 0.25) is 7.37 Å². The topological polar surface area (TPSA) is 90.9 Å². The fourth-order valence-electron chi connectivity index (χ4n) is 6.00. The van der Waals surface area contributed by atoms with Crippen molar-refractivity contribution in [2.24, 2.45) is 17.8 Å². The van der Waals surface area contributed by atoms with Crippen molar-refractivity contribution in [2.45, 2.75) is 63.4 Å². The normalized spacial score (nSPS) is 31.5. The molecule has 0 heterocycles. The number of amides is 1. The van der Waals surface area contributed by atoms with Crippen LogP contribution in [0.25, 0.3) is 0 Å².